The molecule has 0 spiro atoms. The molecule has 1 amide bonds. The molecule has 27 heavy (non-hydrogen) atoms. The maximum absolute atomic E-state index is 12.2. The van der Waals surface area contributed by atoms with E-state index in [2.05, 4.69) is 46.6 Å². The minimum Gasteiger partial charge on any atom is -0.380 e. The lowest BCUT2D eigenvalue weighted by Gasteiger charge is -2.33. The highest BCUT2D eigenvalue weighted by Crippen LogP contribution is 2.23. The number of carbonyl (C=O) groups is 1. The number of benzene rings is 2. The number of anilines is 2. The molecule has 3 rings (SSSR count). The lowest BCUT2D eigenvalue weighted by atomic mass is 10.1. The van der Waals surface area contributed by atoms with Gasteiger partial charge in [-0.25, -0.2) is 0 Å². The molecule has 2 aromatic rings. The van der Waals surface area contributed by atoms with Gasteiger partial charge in [-0.15, -0.1) is 0 Å². The zero-order valence-electron chi connectivity index (χ0n) is 16.2. The number of aryl methyl sites for hydroxylation is 1. The maximum Gasteiger partial charge on any atom is 0.224 e. The average molecular weight is 367 g/mol. The second-order valence-electron chi connectivity index (χ2n) is 7.23. The molecule has 0 saturated carbocycles. The Hall–Kier alpha value is -2.33. The van der Waals surface area contributed by atoms with Gasteiger partial charge in [-0.05, 0) is 61.9 Å². The molecule has 4 nitrogen and oxygen atoms in total. The van der Waals surface area contributed by atoms with Crippen molar-refractivity contribution in [1.29, 1.82) is 0 Å². The Bertz CT molecular complexity index is 700. The number of nitrogens with one attached hydrogen (secondary N) is 1. The van der Waals surface area contributed by atoms with Crippen molar-refractivity contribution in [1.82, 2.24) is 0 Å². The lowest BCUT2D eigenvalue weighted by Crippen LogP contribution is -2.39. The second-order valence-corrected chi connectivity index (χ2v) is 7.23. The number of methoxy groups -OCH3 is 1. The Balaban J connectivity index is 1.40. The number of nitrogens with zero attached hydrogens (tertiary/aromatic N) is 1. The standard InChI is InChI=1S/C23H30N2O2/c1-27-22-11-7-17-25(18-22)21-15-13-20(14-16-21)24-23(26)12-6-5-10-19-8-3-2-4-9-19/h2-4,8-9,13-16,22H,5-7,10-12,17-18H2,1H3,(H,24,26). The Morgan fingerprint density at radius 2 is 1.89 bits per heavy atom. The molecule has 1 atom stereocenters. The van der Waals surface area contributed by atoms with Gasteiger partial charge in [-0.3, -0.25) is 4.79 Å². The van der Waals surface area contributed by atoms with Crippen LogP contribution in [0.2, 0.25) is 0 Å². The quantitative estimate of drug-likeness (QED) is 0.691. The third-order valence-electron chi connectivity index (χ3n) is 5.19. The van der Waals surface area contributed by atoms with Crippen molar-refractivity contribution in [2.24, 2.45) is 0 Å². The van der Waals surface area contributed by atoms with Crippen LogP contribution in [0.25, 0.3) is 0 Å². The normalized spacial score (nSPS) is 16.9. The van der Waals surface area contributed by atoms with Crippen molar-refractivity contribution in [2.45, 2.75) is 44.6 Å². The van der Waals surface area contributed by atoms with Gasteiger partial charge in [-0.1, -0.05) is 30.3 Å². The largest absolute Gasteiger partial charge is 0.380 e. The molecule has 1 fully saturated rings. The highest BCUT2D eigenvalue weighted by atomic mass is 16.5. The van der Waals surface area contributed by atoms with Gasteiger partial charge in [0.2, 0.25) is 5.91 Å². The zero-order valence-corrected chi connectivity index (χ0v) is 16.2. The summed E-state index contributed by atoms with van der Waals surface area (Å²) < 4.78 is 5.50. The van der Waals surface area contributed by atoms with Crippen molar-refractivity contribution >= 4 is 17.3 Å². The SMILES string of the molecule is COC1CCCN(c2ccc(NC(=O)CCCCc3ccccc3)cc2)C1. The van der Waals surface area contributed by atoms with Gasteiger partial charge in [0.25, 0.3) is 0 Å². The van der Waals surface area contributed by atoms with E-state index in [0.29, 0.717) is 12.5 Å². The van der Waals surface area contributed by atoms with E-state index in [1.165, 1.54) is 11.3 Å². The van der Waals surface area contributed by atoms with E-state index in [4.69, 9.17) is 4.74 Å². The summed E-state index contributed by atoms with van der Waals surface area (Å²) in [5.41, 5.74) is 3.40. The highest BCUT2D eigenvalue weighted by molar-refractivity contribution is 5.90. The van der Waals surface area contributed by atoms with Crippen LogP contribution >= 0.6 is 0 Å². The topological polar surface area (TPSA) is 41.6 Å². The van der Waals surface area contributed by atoms with Crippen LogP contribution in [0.15, 0.2) is 54.6 Å². The van der Waals surface area contributed by atoms with Crippen molar-refractivity contribution in [3.05, 3.63) is 60.2 Å². The van der Waals surface area contributed by atoms with Crippen LogP contribution in [0.5, 0.6) is 0 Å². The van der Waals surface area contributed by atoms with E-state index in [-0.39, 0.29) is 5.91 Å². The number of hydrogen-bond donors (Lipinski definition) is 1. The van der Waals surface area contributed by atoms with Crippen molar-refractivity contribution in [3.8, 4) is 0 Å². The fourth-order valence-corrected chi connectivity index (χ4v) is 3.60. The zero-order chi connectivity index (χ0) is 18.9. The summed E-state index contributed by atoms with van der Waals surface area (Å²) in [5.74, 6) is 0.0910. The van der Waals surface area contributed by atoms with Crippen molar-refractivity contribution in [2.75, 3.05) is 30.4 Å². The number of piperidine rings is 1. The van der Waals surface area contributed by atoms with Crippen LogP contribution < -0.4 is 10.2 Å². The van der Waals surface area contributed by atoms with Gasteiger partial charge in [0.05, 0.1) is 6.10 Å². The molecule has 0 bridgehead atoms. The van der Waals surface area contributed by atoms with Gasteiger partial charge in [0.15, 0.2) is 0 Å². The summed E-state index contributed by atoms with van der Waals surface area (Å²) in [6, 6.07) is 18.6. The fraction of sp³-hybridized carbons (Fsp3) is 0.435. The molecule has 1 aliphatic heterocycles. The minimum absolute atomic E-state index is 0.0910. The molecule has 144 valence electrons. The molecule has 4 heteroatoms. The highest BCUT2D eigenvalue weighted by Gasteiger charge is 2.19. The fourth-order valence-electron chi connectivity index (χ4n) is 3.60. The van der Waals surface area contributed by atoms with Crippen LogP contribution in [-0.4, -0.2) is 32.2 Å². The number of unbranched alkanes of at least 4 members (excludes halogenated alkanes) is 1. The van der Waals surface area contributed by atoms with Crippen LogP contribution in [-0.2, 0) is 16.0 Å². The summed E-state index contributed by atoms with van der Waals surface area (Å²) in [6.45, 7) is 2.00. The Morgan fingerprint density at radius 3 is 2.63 bits per heavy atom. The van der Waals surface area contributed by atoms with Crippen molar-refractivity contribution in [3.63, 3.8) is 0 Å². The molecule has 1 heterocycles. The van der Waals surface area contributed by atoms with E-state index < -0.39 is 0 Å². The van der Waals surface area contributed by atoms with Gasteiger partial charge in [-0.2, -0.15) is 0 Å². The van der Waals surface area contributed by atoms with E-state index >= 15 is 0 Å². The summed E-state index contributed by atoms with van der Waals surface area (Å²) in [6.07, 6.45) is 6.13. The predicted octanol–water partition coefficient (Wildman–Crippen LogP) is 4.65. The Kier molecular flexibility index (Phi) is 7.28. The molecule has 2 aromatic carbocycles. The number of rotatable bonds is 8. The number of carbonyl (C=O) groups excluding carboxylic acids is 1. The monoisotopic (exact) mass is 366 g/mol. The first kappa shape index (κ1) is 19.4. The summed E-state index contributed by atoms with van der Waals surface area (Å²) in [7, 11) is 1.78. The Morgan fingerprint density at radius 1 is 1.11 bits per heavy atom. The first-order valence-electron chi connectivity index (χ1n) is 9.96. The van der Waals surface area contributed by atoms with Crippen LogP contribution in [0.3, 0.4) is 0 Å². The molecule has 1 aliphatic rings. The van der Waals surface area contributed by atoms with Crippen LogP contribution in [0.4, 0.5) is 11.4 Å². The average Bonchev–Trinajstić information content (AvgIpc) is 2.72. The van der Waals surface area contributed by atoms with E-state index in [1.807, 2.05) is 18.2 Å². The molecular weight excluding hydrogens is 336 g/mol. The smallest absolute Gasteiger partial charge is 0.224 e. The predicted molar refractivity (Wildman–Crippen MR) is 111 cm³/mol. The van der Waals surface area contributed by atoms with Crippen LogP contribution in [0, 0.1) is 0 Å². The molecule has 0 aromatic heterocycles. The summed E-state index contributed by atoms with van der Waals surface area (Å²) in [4.78, 5) is 14.5. The Labute approximate surface area is 162 Å². The second kappa shape index (κ2) is 10.1. The molecule has 1 saturated heterocycles. The van der Waals surface area contributed by atoms with Crippen LogP contribution in [0.1, 0.15) is 37.7 Å². The van der Waals surface area contributed by atoms with Gasteiger partial charge in [0, 0.05) is 38.0 Å². The summed E-state index contributed by atoms with van der Waals surface area (Å²) >= 11 is 0. The van der Waals surface area contributed by atoms with Gasteiger partial charge < -0.3 is 15.0 Å². The van der Waals surface area contributed by atoms with Crippen molar-refractivity contribution < 1.29 is 9.53 Å². The van der Waals surface area contributed by atoms with E-state index in [9.17, 15) is 4.79 Å². The molecular formula is C23H30N2O2. The maximum atomic E-state index is 12.2. The molecule has 1 N–H and O–H groups in total. The third kappa shape index (κ3) is 6.10. The molecule has 0 aliphatic carbocycles. The minimum atomic E-state index is 0.0910. The number of hydrogen-bond acceptors (Lipinski definition) is 3. The first-order chi connectivity index (χ1) is 13.2. The number of amides is 1. The number of ether oxygens (including phenoxy) is 1. The third-order valence-corrected chi connectivity index (χ3v) is 5.19. The first-order valence-corrected chi connectivity index (χ1v) is 9.96. The van der Waals surface area contributed by atoms with E-state index in [1.54, 1.807) is 7.11 Å². The lowest BCUT2D eigenvalue weighted by molar-refractivity contribution is -0.116. The summed E-state index contributed by atoms with van der Waals surface area (Å²) in [5, 5.41) is 3.01. The van der Waals surface area contributed by atoms with Gasteiger partial charge in [0.1, 0.15) is 0 Å². The molecule has 1 unspecified atom stereocenters. The van der Waals surface area contributed by atoms with E-state index in [0.717, 1.165) is 50.9 Å². The van der Waals surface area contributed by atoms with Gasteiger partial charge >= 0.3 is 0 Å². The molecule has 0 radical (unpaired) electrons.